The summed E-state index contributed by atoms with van der Waals surface area (Å²) in [5.41, 5.74) is -0.453. The van der Waals surface area contributed by atoms with Crippen LogP contribution in [0.3, 0.4) is 0 Å². The number of isocyanates is 1. The molecule has 0 amide bonds. The second-order valence-corrected chi connectivity index (χ2v) is 3.35. The number of hydrogen-bond acceptors (Lipinski definition) is 4. The fourth-order valence-electron chi connectivity index (χ4n) is 0.569. The number of carbonyl (C=O) groups is 1. The van der Waals surface area contributed by atoms with Crippen LogP contribution in [0, 0.1) is 5.41 Å². The topological polar surface area (TPSA) is 55.7 Å². The first-order valence-corrected chi connectivity index (χ1v) is 4.25. The molecule has 0 aromatic carbocycles. The highest BCUT2D eigenvalue weighted by molar-refractivity contribution is 5.75. The molecule has 0 atom stereocenters. The van der Waals surface area contributed by atoms with E-state index >= 15 is 0 Å². The number of nitrogens with zero attached hydrogens (tertiary/aromatic N) is 1. The molecule has 0 saturated heterocycles. The van der Waals surface area contributed by atoms with Gasteiger partial charge in [0, 0.05) is 0 Å². The number of aliphatic imine (C=N–C) groups is 1. The zero-order valence-corrected chi connectivity index (χ0v) is 8.29. The van der Waals surface area contributed by atoms with Crippen LogP contribution in [0.15, 0.2) is 4.99 Å². The summed E-state index contributed by atoms with van der Waals surface area (Å²) < 4.78 is 4.89. The zero-order valence-electron chi connectivity index (χ0n) is 8.29. The van der Waals surface area contributed by atoms with Crippen molar-refractivity contribution in [1.82, 2.24) is 0 Å². The summed E-state index contributed by atoms with van der Waals surface area (Å²) in [5, 5.41) is 0. The SMILES string of the molecule is CCC(C)(C)C(=O)OCCN=C=O. The molecule has 13 heavy (non-hydrogen) atoms. The molecule has 0 rings (SSSR count). The van der Waals surface area contributed by atoms with E-state index in [4.69, 9.17) is 4.74 Å². The Balaban J connectivity index is 3.81. The van der Waals surface area contributed by atoms with Crippen molar-refractivity contribution in [2.24, 2.45) is 10.4 Å². The highest BCUT2D eigenvalue weighted by Gasteiger charge is 2.26. The molecule has 0 N–H and O–H groups in total. The molecule has 0 aromatic rings. The van der Waals surface area contributed by atoms with Crippen LogP contribution in [0.4, 0.5) is 0 Å². The summed E-state index contributed by atoms with van der Waals surface area (Å²) >= 11 is 0. The summed E-state index contributed by atoms with van der Waals surface area (Å²) in [5.74, 6) is -0.254. The average Bonchev–Trinajstić information content (AvgIpc) is 2.12. The number of hydrogen-bond donors (Lipinski definition) is 0. The van der Waals surface area contributed by atoms with Crippen molar-refractivity contribution in [3.8, 4) is 0 Å². The van der Waals surface area contributed by atoms with Crippen LogP contribution in [0.1, 0.15) is 27.2 Å². The smallest absolute Gasteiger partial charge is 0.311 e. The average molecular weight is 185 g/mol. The lowest BCUT2D eigenvalue weighted by Gasteiger charge is -2.19. The molecular formula is C9H15NO3. The van der Waals surface area contributed by atoms with Gasteiger partial charge in [-0.3, -0.25) is 4.79 Å². The number of esters is 1. The number of rotatable bonds is 5. The van der Waals surface area contributed by atoms with E-state index in [1.165, 1.54) is 6.08 Å². The Morgan fingerprint density at radius 3 is 2.62 bits per heavy atom. The van der Waals surface area contributed by atoms with Gasteiger partial charge in [-0.15, -0.1) is 0 Å². The minimum absolute atomic E-state index is 0.150. The first-order chi connectivity index (χ1) is 6.04. The maximum Gasteiger partial charge on any atom is 0.311 e. The molecule has 0 fully saturated rings. The Morgan fingerprint density at radius 2 is 2.15 bits per heavy atom. The fourth-order valence-corrected chi connectivity index (χ4v) is 0.569. The van der Waals surface area contributed by atoms with Gasteiger partial charge in [0.1, 0.15) is 6.61 Å². The number of carbonyl (C=O) groups excluding carboxylic acids is 2. The van der Waals surface area contributed by atoms with Crippen molar-refractivity contribution >= 4 is 12.0 Å². The Kier molecular flexibility index (Phi) is 5.00. The Morgan fingerprint density at radius 1 is 1.54 bits per heavy atom. The van der Waals surface area contributed by atoms with Gasteiger partial charge in [-0.25, -0.2) is 9.79 Å². The van der Waals surface area contributed by atoms with Crippen molar-refractivity contribution in [2.45, 2.75) is 27.2 Å². The van der Waals surface area contributed by atoms with Gasteiger partial charge in [-0.05, 0) is 20.3 Å². The molecule has 0 aromatic heterocycles. The van der Waals surface area contributed by atoms with Gasteiger partial charge >= 0.3 is 5.97 Å². The first-order valence-electron chi connectivity index (χ1n) is 4.25. The monoisotopic (exact) mass is 185 g/mol. The van der Waals surface area contributed by atoms with Crippen LogP contribution >= 0.6 is 0 Å². The van der Waals surface area contributed by atoms with E-state index in [9.17, 15) is 9.59 Å². The van der Waals surface area contributed by atoms with E-state index in [0.717, 1.165) is 6.42 Å². The van der Waals surface area contributed by atoms with Gasteiger partial charge in [0.15, 0.2) is 0 Å². The van der Waals surface area contributed by atoms with Crippen LogP contribution in [0.2, 0.25) is 0 Å². The van der Waals surface area contributed by atoms with Gasteiger partial charge in [0.25, 0.3) is 0 Å². The lowest BCUT2D eigenvalue weighted by molar-refractivity contribution is -0.153. The van der Waals surface area contributed by atoms with E-state index < -0.39 is 5.41 Å². The molecule has 4 nitrogen and oxygen atoms in total. The predicted octanol–water partition coefficient (Wildman–Crippen LogP) is 1.30. The second-order valence-electron chi connectivity index (χ2n) is 3.35. The molecule has 0 aliphatic rings. The third-order valence-electron chi connectivity index (χ3n) is 1.94. The van der Waals surface area contributed by atoms with E-state index in [-0.39, 0.29) is 19.1 Å². The van der Waals surface area contributed by atoms with Crippen molar-refractivity contribution in [2.75, 3.05) is 13.2 Å². The van der Waals surface area contributed by atoms with Crippen molar-refractivity contribution in [3.63, 3.8) is 0 Å². The molecule has 0 aliphatic heterocycles. The van der Waals surface area contributed by atoms with E-state index in [1.54, 1.807) is 0 Å². The first kappa shape index (κ1) is 11.8. The minimum Gasteiger partial charge on any atom is -0.463 e. The molecule has 74 valence electrons. The second kappa shape index (κ2) is 5.49. The van der Waals surface area contributed by atoms with Crippen LogP contribution in [0.5, 0.6) is 0 Å². The summed E-state index contributed by atoms with van der Waals surface area (Å²) in [7, 11) is 0. The summed E-state index contributed by atoms with van der Waals surface area (Å²) in [6.45, 7) is 5.90. The molecule has 0 aliphatic carbocycles. The Hall–Kier alpha value is -1.15. The van der Waals surface area contributed by atoms with Gasteiger partial charge in [-0.1, -0.05) is 6.92 Å². The maximum absolute atomic E-state index is 11.3. The minimum atomic E-state index is -0.453. The molecule has 0 radical (unpaired) electrons. The normalized spacial score (nSPS) is 10.4. The molecule has 0 heterocycles. The summed E-state index contributed by atoms with van der Waals surface area (Å²) in [4.78, 5) is 24.2. The highest BCUT2D eigenvalue weighted by atomic mass is 16.5. The van der Waals surface area contributed by atoms with Crippen molar-refractivity contribution < 1.29 is 14.3 Å². The predicted molar refractivity (Wildman–Crippen MR) is 48.0 cm³/mol. The fraction of sp³-hybridized carbons (Fsp3) is 0.778. The highest BCUT2D eigenvalue weighted by Crippen LogP contribution is 2.21. The maximum atomic E-state index is 11.3. The van der Waals surface area contributed by atoms with Crippen LogP contribution < -0.4 is 0 Å². The van der Waals surface area contributed by atoms with Crippen LogP contribution in [0.25, 0.3) is 0 Å². The standard InChI is InChI=1S/C9H15NO3/c1-4-9(2,3)8(12)13-6-5-10-7-11/h4-6H2,1-3H3. The summed E-state index contributed by atoms with van der Waals surface area (Å²) in [6.07, 6.45) is 2.10. The molecule has 0 saturated carbocycles. The molecule has 0 unspecified atom stereocenters. The Labute approximate surface area is 78.0 Å². The van der Waals surface area contributed by atoms with Crippen LogP contribution in [-0.2, 0) is 14.3 Å². The third kappa shape index (κ3) is 4.43. The van der Waals surface area contributed by atoms with E-state index in [1.807, 2.05) is 20.8 Å². The molecule has 0 spiro atoms. The van der Waals surface area contributed by atoms with E-state index in [0.29, 0.717) is 0 Å². The van der Waals surface area contributed by atoms with Crippen molar-refractivity contribution in [3.05, 3.63) is 0 Å². The lowest BCUT2D eigenvalue weighted by Crippen LogP contribution is -2.26. The third-order valence-corrected chi connectivity index (χ3v) is 1.94. The van der Waals surface area contributed by atoms with Gasteiger partial charge in [-0.2, -0.15) is 0 Å². The van der Waals surface area contributed by atoms with Crippen molar-refractivity contribution in [1.29, 1.82) is 0 Å². The summed E-state index contributed by atoms with van der Waals surface area (Å²) in [6, 6.07) is 0. The van der Waals surface area contributed by atoms with Gasteiger partial charge in [0.05, 0.1) is 12.0 Å². The van der Waals surface area contributed by atoms with E-state index in [2.05, 4.69) is 4.99 Å². The largest absolute Gasteiger partial charge is 0.463 e. The molecular weight excluding hydrogens is 170 g/mol. The number of ether oxygens (including phenoxy) is 1. The van der Waals surface area contributed by atoms with Crippen LogP contribution in [-0.4, -0.2) is 25.2 Å². The van der Waals surface area contributed by atoms with Gasteiger partial charge in [0.2, 0.25) is 6.08 Å². The Bertz CT molecular complexity index is 217. The lowest BCUT2D eigenvalue weighted by atomic mass is 9.91. The molecule has 0 bridgehead atoms. The molecule has 4 heteroatoms. The zero-order chi connectivity index (χ0) is 10.3. The quantitative estimate of drug-likeness (QED) is 0.281. The van der Waals surface area contributed by atoms with Gasteiger partial charge < -0.3 is 4.74 Å².